The SMILES string of the molecule is CC(=O)c1cn(CC(=O)N2[C@H](I)[C@@H](C)C[C@H]2C(=O)Nc2nc(C(F)(F)F)ccc2C2CC2)c2c(C)cc(-c3ccc4nc(C)nn4c3)cc12. The second kappa shape index (κ2) is 12.2. The van der Waals surface area contributed by atoms with Crippen molar-refractivity contribution in [3.63, 3.8) is 0 Å². The first-order chi connectivity index (χ1) is 23.2. The number of fused-ring (bicyclic) bond motifs is 2. The molecular formula is C35H33F3IN7O3. The molecule has 1 saturated carbocycles. The summed E-state index contributed by atoms with van der Waals surface area (Å²) in [6, 6.07) is 9.16. The summed E-state index contributed by atoms with van der Waals surface area (Å²) >= 11 is 2.15. The van der Waals surface area contributed by atoms with Crippen LogP contribution < -0.4 is 5.32 Å². The predicted octanol–water partition coefficient (Wildman–Crippen LogP) is 7.10. The summed E-state index contributed by atoms with van der Waals surface area (Å²) in [5.41, 5.74) is 3.99. The van der Waals surface area contributed by atoms with Crippen LogP contribution in [0.2, 0.25) is 0 Å². The highest BCUT2D eigenvalue weighted by molar-refractivity contribution is 14.1. The van der Waals surface area contributed by atoms with Crippen LogP contribution in [0.15, 0.2) is 48.8 Å². The Labute approximate surface area is 293 Å². The number of nitrogens with zero attached hydrogens (tertiary/aromatic N) is 6. The molecule has 254 valence electrons. The smallest absolute Gasteiger partial charge is 0.337 e. The summed E-state index contributed by atoms with van der Waals surface area (Å²) in [4.78, 5) is 50.4. The number of likely N-dealkylation sites (tertiary alicyclic amines) is 1. The second-order valence-corrected chi connectivity index (χ2v) is 14.4. The number of hydrogen-bond donors (Lipinski definition) is 1. The molecule has 0 spiro atoms. The molecule has 10 nitrogen and oxygen atoms in total. The summed E-state index contributed by atoms with van der Waals surface area (Å²) < 4.78 is 43.7. The van der Waals surface area contributed by atoms with E-state index in [0.717, 1.165) is 46.8 Å². The second-order valence-electron chi connectivity index (χ2n) is 13.1. The molecule has 1 aliphatic carbocycles. The lowest BCUT2D eigenvalue weighted by Gasteiger charge is -2.28. The lowest BCUT2D eigenvalue weighted by molar-refractivity contribution is -0.141. The molecule has 1 N–H and O–H groups in total. The summed E-state index contributed by atoms with van der Waals surface area (Å²) in [6.07, 6.45) is 0.846. The van der Waals surface area contributed by atoms with E-state index in [1.165, 1.54) is 17.9 Å². The van der Waals surface area contributed by atoms with Crippen LogP contribution in [0.25, 0.3) is 27.7 Å². The zero-order valence-corrected chi connectivity index (χ0v) is 29.3. The van der Waals surface area contributed by atoms with Crippen LogP contribution in [-0.2, 0) is 22.3 Å². The van der Waals surface area contributed by atoms with Crippen LogP contribution in [0.3, 0.4) is 0 Å². The average molecular weight is 784 g/mol. The highest BCUT2D eigenvalue weighted by atomic mass is 127. The van der Waals surface area contributed by atoms with Crippen molar-refractivity contribution in [2.45, 2.75) is 75.7 Å². The van der Waals surface area contributed by atoms with Gasteiger partial charge in [-0.3, -0.25) is 14.4 Å². The highest BCUT2D eigenvalue weighted by Crippen LogP contribution is 2.44. The van der Waals surface area contributed by atoms with Crippen LogP contribution in [-0.4, -0.2) is 56.7 Å². The molecule has 3 atom stereocenters. The molecule has 1 aliphatic heterocycles. The minimum absolute atomic E-state index is 0.0403. The van der Waals surface area contributed by atoms with Crippen molar-refractivity contribution in [2.75, 3.05) is 5.32 Å². The van der Waals surface area contributed by atoms with Crippen LogP contribution >= 0.6 is 22.6 Å². The monoisotopic (exact) mass is 783 g/mol. The quantitative estimate of drug-likeness (QED) is 0.0816. The Morgan fingerprint density at radius 1 is 1.02 bits per heavy atom. The fourth-order valence-electron chi connectivity index (χ4n) is 6.84. The minimum atomic E-state index is -4.67. The number of Topliss-reactive ketones (excluding diaryl/α,β-unsaturated/α-hetero) is 1. The van der Waals surface area contributed by atoms with Crippen molar-refractivity contribution in [1.82, 2.24) is 29.0 Å². The van der Waals surface area contributed by atoms with Gasteiger partial charge in [-0.25, -0.2) is 14.5 Å². The molecule has 1 aromatic carbocycles. The molecule has 14 heteroatoms. The van der Waals surface area contributed by atoms with Crippen molar-refractivity contribution >= 4 is 62.6 Å². The minimum Gasteiger partial charge on any atom is -0.337 e. The number of aromatic nitrogens is 5. The molecule has 49 heavy (non-hydrogen) atoms. The third-order valence-corrected chi connectivity index (χ3v) is 11.2. The first-order valence-corrected chi connectivity index (χ1v) is 17.3. The van der Waals surface area contributed by atoms with Gasteiger partial charge in [0, 0.05) is 28.9 Å². The summed E-state index contributed by atoms with van der Waals surface area (Å²) in [5, 5.41) is 7.77. The number of pyridine rings is 2. The standard InChI is InChI=1S/C35H33F3IN7O3/c1-17-11-23(22-7-10-29-40-20(4)43-45(29)14-22)13-25-26(19(3)47)15-44(31(17)25)16-30(48)46-27(12-18(2)32(46)39)34(49)42-33-24(21-5-6-21)8-9-28(41-33)35(36,37)38/h7-11,13-15,18,21,27,32H,5-6,12,16H2,1-4H3,(H,41,42,49)/t18-,27-,32-/m0/s1. The van der Waals surface area contributed by atoms with Crippen molar-refractivity contribution < 1.29 is 27.6 Å². The highest BCUT2D eigenvalue weighted by Gasteiger charge is 2.45. The van der Waals surface area contributed by atoms with Crippen LogP contribution in [0.4, 0.5) is 19.0 Å². The van der Waals surface area contributed by atoms with Crippen molar-refractivity contribution in [3.05, 3.63) is 77.0 Å². The number of nitrogens with one attached hydrogen (secondary N) is 1. The lowest BCUT2D eigenvalue weighted by atomic mass is 9.99. The van der Waals surface area contributed by atoms with E-state index < -0.39 is 23.8 Å². The molecule has 4 aromatic heterocycles. The van der Waals surface area contributed by atoms with E-state index >= 15 is 0 Å². The van der Waals surface area contributed by atoms with Gasteiger partial charge in [-0.05, 0) is 98.9 Å². The number of rotatable bonds is 7. The van der Waals surface area contributed by atoms with Crippen LogP contribution in [0.5, 0.6) is 0 Å². The van der Waals surface area contributed by atoms with E-state index in [4.69, 9.17) is 0 Å². The molecule has 2 fully saturated rings. The molecule has 7 rings (SSSR count). The number of alkyl halides is 4. The molecule has 0 unspecified atom stereocenters. The zero-order valence-electron chi connectivity index (χ0n) is 27.2. The molecule has 0 bridgehead atoms. The molecular weight excluding hydrogens is 750 g/mol. The number of aryl methyl sites for hydroxylation is 2. The molecule has 2 aliphatic rings. The van der Waals surface area contributed by atoms with E-state index in [0.29, 0.717) is 28.8 Å². The molecule has 5 aromatic rings. The Hall–Kier alpha value is -4.34. The van der Waals surface area contributed by atoms with Gasteiger partial charge in [-0.1, -0.05) is 35.6 Å². The van der Waals surface area contributed by atoms with Gasteiger partial charge in [0.25, 0.3) is 0 Å². The number of carbonyl (C=O) groups is 3. The number of carbonyl (C=O) groups excluding carboxylic acids is 3. The summed E-state index contributed by atoms with van der Waals surface area (Å²) in [7, 11) is 0. The lowest BCUT2D eigenvalue weighted by Crippen LogP contribution is -2.47. The largest absolute Gasteiger partial charge is 0.433 e. The molecule has 2 amide bonds. The Morgan fingerprint density at radius 2 is 1.78 bits per heavy atom. The van der Waals surface area contributed by atoms with E-state index in [9.17, 15) is 27.6 Å². The number of anilines is 1. The van der Waals surface area contributed by atoms with Crippen LogP contribution in [0, 0.1) is 19.8 Å². The fraction of sp³-hybridized carbons (Fsp3) is 0.371. The van der Waals surface area contributed by atoms with Gasteiger partial charge in [0.05, 0.1) is 9.57 Å². The Bertz CT molecular complexity index is 2170. The van der Waals surface area contributed by atoms with Gasteiger partial charge < -0.3 is 14.8 Å². The molecule has 0 radical (unpaired) electrons. The molecule has 5 heterocycles. The zero-order chi connectivity index (χ0) is 34.9. The van der Waals surface area contributed by atoms with E-state index in [1.54, 1.807) is 15.3 Å². The van der Waals surface area contributed by atoms with Gasteiger partial charge >= 0.3 is 6.18 Å². The van der Waals surface area contributed by atoms with Gasteiger partial charge in [-0.15, -0.1) is 0 Å². The number of amides is 2. The first-order valence-electron chi connectivity index (χ1n) is 16.0. The Morgan fingerprint density at radius 3 is 2.47 bits per heavy atom. The van der Waals surface area contributed by atoms with E-state index in [-0.39, 0.29) is 39.9 Å². The number of ketones is 1. The van der Waals surface area contributed by atoms with Gasteiger partial charge in [0.15, 0.2) is 11.4 Å². The maximum atomic E-state index is 14.1. The summed E-state index contributed by atoms with van der Waals surface area (Å²) in [5.74, 6) is -0.539. The van der Waals surface area contributed by atoms with E-state index in [2.05, 4.69) is 43.0 Å². The Balaban J connectivity index is 1.19. The van der Waals surface area contributed by atoms with Gasteiger partial charge in [-0.2, -0.15) is 18.3 Å². The number of benzene rings is 1. The van der Waals surface area contributed by atoms with E-state index in [1.807, 2.05) is 51.2 Å². The van der Waals surface area contributed by atoms with Crippen molar-refractivity contribution in [1.29, 1.82) is 0 Å². The normalized spacial score (nSPS) is 19.6. The van der Waals surface area contributed by atoms with Crippen molar-refractivity contribution in [2.24, 2.45) is 5.92 Å². The third kappa shape index (κ3) is 6.19. The summed E-state index contributed by atoms with van der Waals surface area (Å²) in [6.45, 7) is 7.02. The fourth-order valence-corrected chi connectivity index (χ4v) is 7.83. The Kier molecular flexibility index (Phi) is 8.27. The topological polar surface area (TPSA) is 114 Å². The third-order valence-electron chi connectivity index (χ3n) is 9.35. The average Bonchev–Trinajstić information content (AvgIpc) is 3.61. The van der Waals surface area contributed by atoms with Gasteiger partial charge in [0.2, 0.25) is 11.8 Å². The number of halogens is 4. The maximum absolute atomic E-state index is 14.1. The first kappa shape index (κ1) is 33.2. The maximum Gasteiger partial charge on any atom is 0.433 e. The van der Waals surface area contributed by atoms with Crippen molar-refractivity contribution in [3.8, 4) is 11.1 Å². The molecule has 1 saturated heterocycles. The number of hydrogen-bond acceptors (Lipinski definition) is 6. The van der Waals surface area contributed by atoms with Gasteiger partial charge in [0.1, 0.15) is 29.9 Å². The van der Waals surface area contributed by atoms with Crippen LogP contribution in [0.1, 0.15) is 72.0 Å². The predicted molar refractivity (Wildman–Crippen MR) is 185 cm³/mol.